The summed E-state index contributed by atoms with van der Waals surface area (Å²) in [6.07, 6.45) is 0. The van der Waals surface area contributed by atoms with Crippen LogP contribution in [0.1, 0.15) is 18.8 Å². The summed E-state index contributed by atoms with van der Waals surface area (Å²) in [7, 11) is 0. The summed E-state index contributed by atoms with van der Waals surface area (Å²) in [4.78, 5) is 18.7. The van der Waals surface area contributed by atoms with Gasteiger partial charge in [0.05, 0.1) is 17.6 Å². The van der Waals surface area contributed by atoms with E-state index in [1.54, 1.807) is 23.1 Å². The third-order valence-corrected chi connectivity index (χ3v) is 5.49. The first-order valence-electron chi connectivity index (χ1n) is 9.47. The number of nitrogens with two attached hydrogens (primary N) is 1. The molecule has 4 rings (SSSR count). The van der Waals surface area contributed by atoms with Crippen molar-refractivity contribution in [2.75, 3.05) is 18.4 Å². The smallest absolute Gasteiger partial charge is 0.236 e. The largest absolute Gasteiger partial charge is 0.340 e. The number of carbonyl (C=O) groups is 1. The van der Waals surface area contributed by atoms with Gasteiger partial charge < -0.3 is 20.5 Å². The second kappa shape index (κ2) is 8.04. The van der Waals surface area contributed by atoms with Crippen LogP contribution < -0.4 is 11.1 Å². The standard InChI is InChI=1S/C21H20ClF2N5O/c1-12-20-27-19(13-2-4-14(23)5-3-13)21(26-15-6-7-17(24)16(22)10-15)29(20)9-8-28(12)18(30)11-25/h2-7,10,12,26H,8-9,11,25H2,1H3/t12-/m0/s1. The highest BCUT2D eigenvalue weighted by molar-refractivity contribution is 6.31. The van der Waals surface area contributed by atoms with E-state index in [0.29, 0.717) is 41.7 Å². The Morgan fingerprint density at radius 1 is 1.23 bits per heavy atom. The summed E-state index contributed by atoms with van der Waals surface area (Å²) in [5, 5.41) is 3.26. The van der Waals surface area contributed by atoms with Crippen molar-refractivity contribution < 1.29 is 13.6 Å². The summed E-state index contributed by atoms with van der Waals surface area (Å²) in [6, 6.07) is 10.1. The minimum absolute atomic E-state index is 0.00481. The molecule has 1 aliphatic rings. The molecule has 0 spiro atoms. The predicted octanol–water partition coefficient (Wildman–Crippen LogP) is 4.09. The van der Waals surface area contributed by atoms with E-state index in [1.807, 2.05) is 11.5 Å². The van der Waals surface area contributed by atoms with E-state index in [9.17, 15) is 13.6 Å². The molecule has 9 heteroatoms. The third kappa shape index (κ3) is 3.64. The van der Waals surface area contributed by atoms with E-state index in [-0.39, 0.29) is 29.3 Å². The van der Waals surface area contributed by atoms with Crippen LogP contribution in [-0.2, 0) is 11.3 Å². The summed E-state index contributed by atoms with van der Waals surface area (Å²) in [6.45, 7) is 2.78. The molecule has 0 saturated carbocycles. The summed E-state index contributed by atoms with van der Waals surface area (Å²) in [5.74, 6) is 0.320. The number of aromatic nitrogens is 2. The van der Waals surface area contributed by atoms with Crippen molar-refractivity contribution in [2.24, 2.45) is 5.73 Å². The van der Waals surface area contributed by atoms with Crippen LogP contribution in [0, 0.1) is 11.6 Å². The van der Waals surface area contributed by atoms with Crippen molar-refractivity contribution in [2.45, 2.75) is 19.5 Å². The summed E-state index contributed by atoms with van der Waals surface area (Å²) in [5.41, 5.74) is 7.43. The van der Waals surface area contributed by atoms with Gasteiger partial charge in [-0.3, -0.25) is 4.79 Å². The average Bonchev–Trinajstić information content (AvgIpc) is 3.10. The summed E-state index contributed by atoms with van der Waals surface area (Å²) < 4.78 is 29.0. The third-order valence-electron chi connectivity index (χ3n) is 5.20. The van der Waals surface area contributed by atoms with Crippen LogP contribution in [0.25, 0.3) is 11.3 Å². The molecule has 0 unspecified atom stereocenters. The number of imidazole rings is 1. The SMILES string of the molecule is C[C@H]1c2nc(-c3ccc(F)cc3)c(Nc3ccc(F)c(Cl)c3)n2CCN1C(=O)CN. The monoisotopic (exact) mass is 431 g/mol. The van der Waals surface area contributed by atoms with E-state index in [4.69, 9.17) is 22.3 Å². The Morgan fingerprint density at radius 3 is 2.63 bits per heavy atom. The molecule has 1 atom stereocenters. The van der Waals surface area contributed by atoms with E-state index in [0.717, 1.165) is 0 Å². The molecule has 1 aromatic heterocycles. The van der Waals surface area contributed by atoms with Crippen LogP contribution >= 0.6 is 11.6 Å². The first-order chi connectivity index (χ1) is 14.4. The van der Waals surface area contributed by atoms with Crippen LogP contribution in [0.5, 0.6) is 0 Å². The van der Waals surface area contributed by atoms with Gasteiger partial charge in [-0.25, -0.2) is 13.8 Å². The highest BCUT2D eigenvalue weighted by atomic mass is 35.5. The molecule has 0 bridgehead atoms. The molecule has 6 nitrogen and oxygen atoms in total. The van der Waals surface area contributed by atoms with Crippen molar-refractivity contribution in [1.82, 2.24) is 14.5 Å². The lowest BCUT2D eigenvalue weighted by Crippen LogP contribution is -2.44. The molecule has 0 fully saturated rings. The van der Waals surface area contributed by atoms with Gasteiger partial charge in [-0.2, -0.15) is 0 Å². The second-order valence-corrected chi connectivity index (χ2v) is 7.45. The molecule has 0 radical (unpaired) electrons. The maximum absolute atomic E-state index is 13.6. The number of hydrogen-bond acceptors (Lipinski definition) is 4. The lowest BCUT2D eigenvalue weighted by molar-refractivity contribution is -0.132. The number of anilines is 2. The molecule has 0 aliphatic carbocycles. The highest BCUT2D eigenvalue weighted by Crippen LogP contribution is 2.37. The topological polar surface area (TPSA) is 76.2 Å². The van der Waals surface area contributed by atoms with E-state index in [1.165, 1.54) is 24.3 Å². The summed E-state index contributed by atoms with van der Waals surface area (Å²) >= 11 is 5.93. The quantitative estimate of drug-likeness (QED) is 0.652. The van der Waals surface area contributed by atoms with Gasteiger partial charge in [0.25, 0.3) is 0 Å². The fourth-order valence-electron chi connectivity index (χ4n) is 3.66. The van der Waals surface area contributed by atoms with Crippen LogP contribution in [0.15, 0.2) is 42.5 Å². The Morgan fingerprint density at radius 2 is 1.97 bits per heavy atom. The number of nitrogens with zero attached hydrogens (tertiary/aromatic N) is 3. The predicted molar refractivity (Wildman–Crippen MR) is 111 cm³/mol. The van der Waals surface area contributed by atoms with Gasteiger partial charge >= 0.3 is 0 Å². The van der Waals surface area contributed by atoms with Crippen LogP contribution in [0.4, 0.5) is 20.3 Å². The van der Waals surface area contributed by atoms with E-state index >= 15 is 0 Å². The Balaban J connectivity index is 1.81. The van der Waals surface area contributed by atoms with Gasteiger partial charge in [-0.05, 0) is 49.4 Å². The first kappa shape index (κ1) is 20.3. The molecule has 3 N–H and O–H groups in total. The molecule has 0 saturated heterocycles. The minimum atomic E-state index is -0.513. The van der Waals surface area contributed by atoms with Crippen molar-refractivity contribution in [3.63, 3.8) is 0 Å². The van der Waals surface area contributed by atoms with E-state index in [2.05, 4.69) is 5.32 Å². The lowest BCUT2D eigenvalue weighted by Gasteiger charge is -2.34. The highest BCUT2D eigenvalue weighted by Gasteiger charge is 2.32. The number of halogens is 3. The zero-order valence-corrected chi connectivity index (χ0v) is 17.0. The Labute approximate surface area is 177 Å². The second-order valence-electron chi connectivity index (χ2n) is 7.05. The zero-order chi connectivity index (χ0) is 21.4. The fourth-order valence-corrected chi connectivity index (χ4v) is 3.84. The Kier molecular flexibility index (Phi) is 5.44. The maximum atomic E-state index is 13.6. The number of amides is 1. The van der Waals surface area contributed by atoms with Crippen molar-refractivity contribution in [3.8, 4) is 11.3 Å². The van der Waals surface area contributed by atoms with E-state index < -0.39 is 5.82 Å². The molecule has 2 heterocycles. The minimum Gasteiger partial charge on any atom is -0.340 e. The zero-order valence-electron chi connectivity index (χ0n) is 16.2. The first-order valence-corrected chi connectivity index (χ1v) is 9.84. The molecular formula is C21H20ClF2N5O. The van der Waals surface area contributed by atoms with Crippen molar-refractivity contribution in [1.29, 1.82) is 0 Å². The molecular weight excluding hydrogens is 412 g/mol. The maximum Gasteiger partial charge on any atom is 0.236 e. The number of hydrogen-bond donors (Lipinski definition) is 2. The average molecular weight is 432 g/mol. The van der Waals surface area contributed by atoms with Gasteiger partial charge in [-0.1, -0.05) is 11.6 Å². The number of fused-ring (bicyclic) bond motifs is 1. The van der Waals surface area contributed by atoms with Crippen molar-refractivity contribution >= 4 is 29.0 Å². The van der Waals surface area contributed by atoms with Crippen molar-refractivity contribution in [3.05, 3.63) is 64.9 Å². The number of carbonyl (C=O) groups excluding carboxylic acids is 1. The number of benzene rings is 2. The molecule has 2 aromatic carbocycles. The van der Waals surface area contributed by atoms with Crippen LogP contribution in [0.3, 0.4) is 0 Å². The lowest BCUT2D eigenvalue weighted by atomic mass is 10.1. The van der Waals surface area contributed by atoms with Gasteiger partial charge in [-0.15, -0.1) is 0 Å². The van der Waals surface area contributed by atoms with Gasteiger partial charge in [0.15, 0.2) is 0 Å². The van der Waals surface area contributed by atoms with Gasteiger partial charge in [0, 0.05) is 24.3 Å². The molecule has 30 heavy (non-hydrogen) atoms. The normalized spacial score (nSPS) is 15.8. The van der Waals surface area contributed by atoms with Gasteiger partial charge in [0.2, 0.25) is 5.91 Å². The van der Waals surface area contributed by atoms with Gasteiger partial charge in [0.1, 0.15) is 29.0 Å². The molecule has 1 aliphatic heterocycles. The molecule has 1 amide bonds. The molecule has 3 aromatic rings. The fraction of sp³-hybridized carbons (Fsp3) is 0.238. The van der Waals surface area contributed by atoms with Crippen LogP contribution in [0.2, 0.25) is 5.02 Å². The Hall–Kier alpha value is -2.97. The van der Waals surface area contributed by atoms with Crippen LogP contribution in [-0.4, -0.2) is 33.4 Å². The number of nitrogens with one attached hydrogen (secondary N) is 1. The number of rotatable bonds is 4. The molecule has 156 valence electrons. The Bertz CT molecular complexity index is 1100.